The Bertz CT molecular complexity index is 1000. The Balaban J connectivity index is 2.41. The van der Waals surface area contributed by atoms with Crippen molar-refractivity contribution in [3.8, 4) is 22.6 Å². The summed E-state index contributed by atoms with van der Waals surface area (Å²) in [7, 11) is 2.94. The number of amides is 1. The molecule has 0 heterocycles. The summed E-state index contributed by atoms with van der Waals surface area (Å²) in [6, 6.07) is 6.34. The lowest BCUT2D eigenvalue weighted by Crippen LogP contribution is -2.26. The zero-order valence-electron chi connectivity index (χ0n) is 16.7. The molecule has 0 fully saturated rings. The van der Waals surface area contributed by atoms with Gasteiger partial charge in [0.15, 0.2) is 5.75 Å². The molecule has 1 aliphatic carbocycles. The van der Waals surface area contributed by atoms with Gasteiger partial charge in [0.25, 0.3) is 0 Å². The number of carbonyl (C=O) groups is 1. The largest absolute Gasteiger partial charge is 0.496 e. The second-order valence-electron chi connectivity index (χ2n) is 6.97. The fourth-order valence-electron chi connectivity index (χ4n) is 4.01. The summed E-state index contributed by atoms with van der Waals surface area (Å²) < 4.78 is 10.8. The number of ether oxygens (including phenoxy) is 2. The summed E-state index contributed by atoms with van der Waals surface area (Å²) in [4.78, 5) is 24.4. The van der Waals surface area contributed by atoms with Crippen molar-refractivity contribution in [1.82, 2.24) is 5.32 Å². The van der Waals surface area contributed by atoms with Crippen LogP contribution in [0.25, 0.3) is 11.1 Å². The van der Waals surface area contributed by atoms with Crippen LogP contribution in [0.4, 0.5) is 0 Å². The van der Waals surface area contributed by atoms with Gasteiger partial charge < -0.3 is 25.0 Å². The molecule has 3 rings (SSSR count). The van der Waals surface area contributed by atoms with Crippen LogP contribution >= 0.6 is 0 Å². The van der Waals surface area contributed by atoms with Crippen molar-refractivity contribution in [2.75, 3.05) is 14.2 Å². The summed E-state index contributed by atoms with van der Waals surface area (Å²) in [5, 5.41) is 22.6. The van der Waals surface area contributed by atoms with Gasteiger partial charge in [-0.2, -0.15) is 0 Å². The van der Waals surface area contributed by atoms with Gasteiger partial charge in [-0.25, -0.2) is 0 Å². The summed E-state index contributed by atoms with van der Waals surface area (Å²) in [5.41, 5.74) is 3.83. The van der Waals surface area contributed by atoms with E-state index in [0.29, 0.717) is 40.8 Å². The highest BCUT2D eigenvalue weighted by atomic mass is 16.5. The minimum atomic E-state index is -0.375. The van der Waals surface area contributed by atoms with Crippen LogP contribution in [0.1, 0.15) is 41.6 Å². The zero-order chi connectivity index (χ0) is 21.1. The Labute approximate surface area is 168 Å². The van der Waals surface area contributed by atoms with E-state index in [9.17, 15) is 19.8 Å². The molecule has 154 valence electrons. The molecule has 7 heteroatoms. The van der Waals surface area contributed by atoms with E-state index in [2.05, 4.69) is 5.32 Å². The number of benzene rings is 1. The maximum atomic E-state index is 12.6. The summed E-state index contributed by atoms with van der Waals surface area (Å²) >= 11 is 0. The molecule has 7 nitrogen and oxygen atoms in total. The quantitative estimate of drug-likeness (QED) is 0.709. The molecule has 0 aliphatic heterocycles. The minimum absolute atomic E-state index is 0.189. The molecule has 2 aromatic rings. The molecule has 2 aromatic carbocycles. The fraction of sp³-hybridized carbons (Fsp3) is 0.364. The van der Waals surface area contributed by atoms with Crippen molar-refractivity contribution >= 4 is 5.91 Å². The molecule has 1 amide bonds. The maximum Gasteiger partial charge on any atom is 0.220 e. The normalized spacial score (nSPS) is 15.0. The number of carbonyl (C=O) groups excluding carboxylic acids is 1. The first-order valence-electron chi connectivity index (χ1n) is 9.38. The van der Waals surface area contributed by atoms with E-state index in [1.165, 1.54) is 27.2 Å². The number of aliphatic hydroxyl groups excluding tert-OH is 2. The van der Waals surface area contributed by atoms with Crippen molar-refractivity contribution < 1.29 is 24.5 Å². The highest BCUT2D eigenvalue weighted by Crippen LogP contribution is 2.44. The Morgan fingerprint density at radius 3 is 2.52 bits per heavy atom. The molecular weight excluding hydrogens is 374 g/mol. The van der Waals surface area contributed by atoms with Crippen molar-refractivity contribution in [3.05, 3.63) is 56.7 Å². The molecule has 0 unspecified atom stereocenters. The first-order valence-corrected chi connectivity index (χ1v) is 9.38. The van der Waals surface area contributed by atoms with Crippen molar-refractivity contribution in [2.45, 2.75) is 39.0 Å². The Kier molecular flexibility index (Phi) is 6.20. The van der Waals surface area contributed by atoms with Crippen molar-refractivity contribution in [3.63, 3.8) is 0 Å². The lowest BCUT2D eigenvalue weighted by molar-refractivity contribution is -0.119. The van der Waals surface area contributed by atoms with Crippen LogP contribution in [0.3, 0.4) is 0 Å². The molecule has 0 saturated carbocycles. The monoisotopic (exact) mass is 399 g/mol. The third kappa shape index (κ3) is 3.83. The number of rotatable bonds is 5. The van der Waals surface area contributed by atoms with Crippen LogP contribution in [-0.2, 0) is 24.4 Å². The van der Waals surface area contributed by atoms with Crippen LogP contribution in [-0.4, -0.2) is 30.3 Å². The number of aryl methyl sites for hydroxylation is 1. The number of fused-ring (bicyclic) bond motifs is 3. The Morgan fingerprint density at radius 2 is 1.93 bits per heavy atom. The van der Waals surface area contributed by atoms with Crippen LogP contribution in [0, 0.1) is 0 Å². The van der Waals surface area contributed by atoms with Gasteiger partial charge in [0.2, 0.25) is 11.3 Å². The number of methoxy groups -OCH3 is 2. The van der Waals surface area contributed by atoms with Crippen LogP contribution in [0.15, 0.2) is 29.1 Å². The molecule has 0 saturated heterocycles. The summed E-state index contributed by atoms with van der Waals surface area (Å²) in [6.07, 6.45) is 1.16. The summed E-state index contributed by atoms with van der Waals surface area (Å²) in [6.45, 7) is 0.905. The van der Waals surface area contributed by atoms with E-state index in [0.717, 1.165) is 11.1 Å². The van der Waals surface area contributed by atoms with Crippen molar-refractivity contribution in [1.29, 1.82) is 0 Å². The Morgan fingerprint density at radius 1 is 1.17 bits per heavy atom. The molecule has 0 spiro atoms. The average molecular weight is 399 g/mol. The molecule has 1 atom stereocenters. The van der Waals surface area contributed by atoms with E-state index in [4.69, 9.17) is 9.47 Å². The SMILES string of the molecule is COc1c(CO)c(CO)cc2c1-c1ccc(OC)c(=O)cc1[C@@H](NC(C)=O)CC2. The van der Waals surface area contributed by atoms with Gasteiger partial charge in [0.05, 0.1) is 33.5 Å². The standard InChI is InChI=1S/C22H25NO6/c1-12(26)23-18-6-4-13-8-14(10-24)17(11-25)22(29-3)21(13)15-5-7-20(28-2)19(27)9-16(15)18/h5,7-9,18,24-25H,4,6,10-11H2,1-3H3,(H,23,26)/t18-/m0/s1. The molecule has 0 radical (unpaired) electrons. The highest BCUT2D eigenvalue weighted by molar-refractivity contribution is 5.81. The number of nitrogens with one attached hydrogen (secondary N) is 1. The number of hydrogen-bond donors (Lipinski definition) is 3. The third-order valence-corrected chi connectivity index (χ3v) is 5.28. The van der Waals surface area contributed by atoms with Gasteiger partial charge in [0, 0.05) is 18.1 Å². The number of aliphatic hydroxyl groups is 2. The van der Waals surface area contributed by atoms with Gasteiger partial charge in [-0.1, -0.05) is 12.1 Å². The van der Waals surface area contributed by atoms with Gasteiger partial charge in [-0.05, 0) is 47.2 Å². The van der Waals surface area contributed by atoms with Crippen LogP contribution in [0.2, 0.25) is 0 Å². The van der Waals surface area contributed by atoms with Crippen molar-refractivity contribution in [2.24, 2.45) is 0 Å². The maximum absolute atomic E-state index is 12.6. The van der Waals surface area contributed by atoms with Crippen LogP contribution in [0.5, 0.6) is 11.5 Å². The summed E-state index contributed by atoms with van der Waals surface area (Å²) in [5.74, 6) is 0.447. The first-order chi connectivity index (χ1) is 13.9. The van der Waals surface area contributed by atoms with E-state index in [1.54, 1.807) is 12.1 Å². The third-order valence-electron chi connectivity index (χ3n) is 5.28. The molecule has 0 bridgehead atoms. The predicted molar refractivity (Wildman–Crippen MR) is 108 cm³/mol. The van der Waals surface area contributed by atoms with E-state index in [-0.39, 0.29) is 36.3 Å². The lowest BCUT2D eigenvalue weighted by Gasteiger charge is -2.20. The van der Waals surface area contributed by atoms with E-state index in [1.807, 2.05) is 6.07 Å². The van der Waals surface area contributed by atoms with Gasteiger partial charge >= 0.3 is 0 Å². The zero-order valence-corrected chi connectivity index (χ0v) is 16.7. The molecule has 0 aromatic heterocycles. The smallest absolute Gasteiger partial charge is 0.220 e. The number of hydrogen-bond acceptors (Lipinski definition) is 6. The van der Waals surface area contributed by atoms with Gasteiger partial charge in [0.1, 0.15) is 5.75 Å². The van der Waals surface area contributed by atoms with Gasteiger partial charge in [-0.3, -0.25) is 9.59 Å². The molecule has 1 aliphatic rings. The first kappa shape index (κ1) is 20.8. The average Bonchev–Trinajstić information content (AvgIpc) is 2.95. The Hall–Kier alpha value is -2.90. The topological polar surface area (TPSA) is 105 Å². The second kappa shape index (κ2) is 8.63. The van der Waals surface area contributed by atoms with E-state index < -0.39 is 0 Å². The second-order valence-corrected chi connectivity index (χ2v) is 6.97. The minimum Gasteiger partial charge on any atom is -0.496 e. The molecule has 3 N–H and O–H groups in total. The fourth-order valence-corrected chi connectivity index (χ4v) is 4.01. The molecule has 29 heavy (non-hydrogen) atoms. The highest BCUT2D eigenvalue weighted by Gasteiger charge is 2.28. The lowest BCUT2D eigenvalue weighted by atomic mass is 9.91. The van der Waals surface area contributed by atoms with Crippen LogP contribution < -0.4 is 20.2 Å². The predicted octanol–water partition coefficient (Wildman–Crippen LogP) is 1.84. The van der Waals surface area contributed by atoms with E-state index >= 15 is 0 Å². The molecular formula is C22H25NO6. The van der Waals surface area contributed by atoms with Gasteiger partial charge in [-0.15, -0.1) is 0 Å².